The lowest BCUT2D eigenvalue weighted by Gasteiger charge is -2.36. The lowest BCUT2D eigenvalue weighted by atomic mass is 10.0. The van der Waals surface area contributed by atoms with Gasteiger partial charge >= 0.3 is 0 Å². The van der Waals surface area contributed by atoms with E-state index in [9.17, 15) is 9.50 Å². The minimum absolute atomic E-state index is 0.151. The van der Waals surface area contributed by atoms with Crippen molar-refractivity contribution >= 4 is 0 Å². The predicted molar refractivity (Wildman–Crippen MR) is 96.5 cm³/mol. The van der Waals surface area contributed by atoms with E-state index in [-0.39, 0.29) is 18.0 Å². The van der Waals surface area contributed by atoms with Crippen LogP contribution in [-0.4, -0.2) is 66.3 Å². The second-order valence-electron chi connectivity index (χ2n) is 6.62. The van der Waals surface area contributed by atoms with Crippen LogP contribution in [0.25, 0.3) is 0 Å². The Labute approximate surface area is 145 Å². The maximum atomic E-state index is 13.7. The Bertz CT molecular complexity index is 481. The van der Waals surface area contributed by atoms with Crippen molar-refractivity contribution in [3.63, 3.8) is 0 Å². The first-order valence-electron chi connectivity index (χ1n) is 9.23. The molecule has 1 saturated heterocycles. The highest BCUT2D eigenvalue weighted by Crippen LogP contribution is 2.16. The molecular weight excluding hydrogens is 305 g/mol. The van der Waals surface area contributed by atoms with Crippen LogP contribution in [-0.2, 0) is 6.54 Å². The van der Waals surface area contributed by atoms with Crippen LogP contribution in [0.3, 0.4) is 0 Å². The van der Waals surface area contributed by atoms with Crippen LogP contribution in [0.4, 0.5) is 4.39 Å². The van der Waals surface area contributed by atoms with Gasteiger partial charge in [0.05, 0.1) is 6.10 Å². The van der Waals surface area contributed by atoms with Crippen molar-refractivity contribution in [2.45, 2.75) is 45.4 Å². The molecule has 2 N–H and O–H groups in total. The van der Waals surface area contributed by atoms with E-state index in [0.29, 0.717) is 18.7 Å². The van der Waals surface area contributed by atoms with Crippen LogP contribution in [0.2, 0.25) is 0 Å². The molecule has 1 aliphatic heterocycles. The third-order valence-corrected chi connectivity index (χ3v) is 4.97. The monoisotopic (exact) mass is 337 g/mol. The fraction of sp³-hybridized carbons (Fsp3) is 0.684. The Kier molecular flexibility index (Phi) is 8.12. The summed E-state index contributed by atoms with van der Waals surface area (Å²) in [5, 5.41) is 13.9. The highest BCUT2D eigenvalue weighted by atomic mass is 19.1. The summed E-state index contributed by atoms with van der Waals surface area (Å²) in [6.45, 7) is 10.6. The molecule has 0 saturated carbocycles. The van der Waals surface area contributed by atoms with Crippen LogP contribution in [0, 0.1) is 5.82 Å². The highest BCUT2D eigenvalue weighted by molar-refractivity contribution is 5.17. The van der Waals surface area contributed by atoms with Crippen molar-refractivity contribution < 1.29 is 9.50 Å². The highest BCUT2D eigenvalue weighted by Gasteiger charge is 2.27. The second-order valence-corrected chi connectivity index (χ2v) is 6.62. The standard InChI is InChI=1S/C19H32FN3O/c1-3-22(4-2)12-7-11-21-18-10-13-23(15-19(18)24)14-16-8-5-6-9-17(16)20/h5-6,8-9,18-19,21,24H,3-4,7,10-15H2,1-2H3/t18-,19-/m1/s1. The average molecular weight is 337 g/mol. The van der Waals surface area contributed by atoms with E-state index in [2.05, 4.69) is 29.0 Å². The van der Waals surface area contributed by atoms with Gasteiger partial charge in [-0.25, -0.2) is 4.39 Å². The third kappa shape index (κ3) is 5.81. The summed E-state index contributed by atoms with van der Waals surface area (Å²) < 4.78 is 13.7. The molecule has 2 rings (SSSR count). The molecule has 0 aliphatic carbocycles. The quantitative estimate of drug-likeness (QED) is 0.677. The van der Waals surface area contributed by atoms with Gasteiger partial charge in [-0.2, -0.15) is 0 Å². The van der Waals surface area contributed by atoms with Gasteiger partial charge in [-0.05, 0) is 45.1 Å². The number of hydrogen-bond donors (Lipinski definition) is 2. The minimum Gasteiger partial charge on any atom is -0.390 e. The maximum Gasteiger partial charge on any atom is 0.127 e. The molecule has 0 radical (unpaired) electrons. The van der Waals surface area contributed by atoms with E-state index < -0.39 is 0 Å². The molecule has 0 amide bonds. The summed E-state index contributed by atoms with van der Waals surface area (Å²) in [6.07, 6.45) is 1.61. The number of benzene rings is 1. The molecular formula is C19H32FN3O. The van der Waals surface area contributed by atoms with Gasteiger partial charge in [0.2, 0.25) is 0 Å². The van der Waals surface area contributed by atoms with Crippen molar-refractivity contribution in [2.75, 3.05) is 39.3 Å². The number of aliphatic hydroxyl groups excluding tert-OH is 1. The van der Waals surface area contributed by atoms with Crippen molar-refractivity contribution in [2.24, 2.45) is 0 Å². The fourth-order valence-electron chi connectivity index (χ4n) is 3.38. The second kappa shape index (κ2) is 10.1. The van der Waals surface area contributed by atoms with Crippen LogP contribution < -0.4 is 5.32 Å². The topological polar surface area (TPSA) is 38.7 Å². The zero-order valence-corrected chi connectivity index (χ0v) is 15.0. The molecule has 1 aromatic carbocycles. The van der Waals surface area contributed by atoms with Gasteiger partial charge in [0.1, 0.15) is 5.82 Å². The number of halogens is 1. The van der Waals surface area contributed by atoms with Crippen LogP contribution >= 0.6 is 0 Å². The first kappa shape index (κ1) is 19.3. The van der Waals surface area contributed by atoms with Crippen molar-refractivity contribution in [1.82, 2.24) is 15.1 Å². The van der Waals surface area contributed by atoms with Gasteiger partial charge in [-0.3, -0.25) is 4.90 Å². The number of nitrogens with zero attached hydrogens (tertiary/aromatic N) is 2. The van der Waals surface area contributed by atoms with Gasteiger partial charge in [-0.1, -0.05) is 32.0 Å². The first-order valence-corrected chi connectivity index (χ1v) is 9.23. The first-order chi connectivity index (χ1) is 11.6. The van der Waals surface area contributed by atoms with E-state index in [1.807, 2.05) is 12.1 Å². The van der Waals surface area contributed by atoms with Crippen molar-refractivity contribution in [3.8, 4) is 0 Å². The molecule has 0 unspecified atom stereocenters. The largest absolute Gasteiger partial charge is 0.390 e. The molecule has 0 aromatic heterocycles. The summed E-state index contributed by atoms with van der Waals surface area (Å²) in [4.78, 5) is 4.55. The third-order valence-electron chi connectivity index (χ3n) is 4.97. The van der Waals surface area contributed by atoms with E-state index >= 15 is 0 Å². The lowest BCUT2D eigenvalue weighted by molar-refractivity contribution is 0.0365. The molecule has 0 spiro atoms. The number of aliphatic hydroxyl groups is 1. The Morgan fingerprint density at radius 1 is 1.29 bits per heavy atom. The van der Waals surface area contributed by atoms with Crippen molar-refractivity contribution in [1.29, 1.82) is 0 Å². The molecule has 4 nitrogen and oxygen atoms in total. The van der Waals surface area contributed by atoms with Crippen molar-refractivity contribution in [3.05, 3.63) is 35.6 Å². The van der Waals surface area contributed by atoms with Gasteiger partial charge in [0, 0.05) is 31.2 Å². The Hall–Kier alpha value is -1.01. The molecule has 1 heterocycles. The van der Waals surface area contributed by atoms with Crippen LogP contribution in [0.15, 0.2) is 24.3 Å². The number of hydrogen-bond acceptors (Lipinski definition) is 4. The summed E-state index contributed by atoms with van der Waals surface area (Å²) in [7, 11) is 0. The van der Waals surface area contributed by atoms with E-state index in [1.165, 1.54) is 6.07 Å². The number of nitrogens with one attached hydrogen (secondary N) is 1. The number of rotatable bonds is 9. The summed E-state index contributed by atoms with van der Waals surface area (Å²) in [5.41, 5.74) is 0.704. The zero-order chi connectivity index (χ0) is 17.4. The maximum absolute atomic E-state index is 13.7. The van der Waals surface area contributed by atoms with E-state index in [4.69, 9.17) is 0 Å². The number of likely N-dealkylation sites (tertiary alicyclic amines) is 1. The van der Waals surface area contributed by atoms with E-state index in [1.54, 1.807) is 6.07 Å². The molecule has 136 valence electrons. The zero-order valence-electron chi connectivity index (χ0n) is 15.0. The number of piperidine rings is 1. The fourth-order valence-corrected chi connectivity index (χ4v) is 3.38. The smallest absolute Gasteiger partial charge is 0.127 e. The number of β-amino-alcohol motifs (C(OH)–C–C–N with tert-alkyl or cyclic N) is 1. The SMILES string of the molecule is CCN(CC)CCCN[C@@H]1CCN(Cc2ccccc2F)C[C@H]1O. The molecule has 1 fully saturated rings. The Morgan fingerprint density at radius 3 is 2.71 bits per heavy atom. The molecule has 5 heteroatoms. The van der Waals surface area contributed by atoms with Gasteiger partial charge in [-0.15, -0.1) is 0 Å². The summed E-state index contributed by atoms with van der Waals surface area (Å²) in [5.74, 6) is -0.163. The Morgan fingerprint density at radius 2 is 2.04 bits per heavy atom. The Balaban J connectivity index is 1.70. The predicted octanol–water partition coefficient (Wildman–Crippen LogP) is 2.08. The summed E-state index contributed by atoms with van der Waals surface area (Å²) in [6, 6.07) is 7.04. The molecule has 2 atom stereocenters. The van der Waals surface area contributed by atoms with Crippen LogP contribution in [0.1, 0.15) is 32.3 Å². The lowest BCUT2D eigenvalue weighted by Crippen LogP contribution is -2.52. The van der Waals surface area contributed by atoms with Gasteiger partial charge in [0.25, 0.3) is 0 Å². The van der Waals surface area contributed by atoms with Gasteiger partial charge < -0.3 is 15.3 Å². The van der Waals surface area contributed by atoms with E-state index in [0.717, 1.165) is 45.6 Å². The molecule has 24 heavy (non-hydrogen) atoms. The molecule has 0 bridgehead atoms. The molecule has 1 aliphatic rings. The summed E-state index contributed by atoms with van der Waals surface area (Å²) >= 11 is 0. The minimum atomic E-state index is -0.390. The normalized spacial score (nSPS) is 22.2. The average Bonchev–Trinajstić information content (AvgIpc) is 2.59. The van der Waals surface area contributed by atoms with Crippen LogP contribution in [0.5, 0.6) is 0 Å². The molecule has 1 aromatic rings. The van der Waals surface area contributed by atoms with Gasteiger partial charge in [0.15, 0.2) is 0 Å².